The zero-order valence-corrected chi connectivity index (χ0v) is 15.7. The average molecular weight is 378 g/mol. The van der Waals surface area contributed by atoms with Gasteiger partial charge in [-0.05, 0) is 42.9 Å². The number of nitrogens with zero attached hydrogens (tertiary/aromatic N) is 1. The zero-order chi connectivity index (χ0) is 19.2. The van der Waals surface area contributed by atoms with E-state index < -0.39 is 27.8 Å². The van der Waals surface area contributed by atoms with Crippen LogP contribution in [-0.2, 0) is 19.6 Å². The van der Waals surface area contributed by atoms with Gasteiger partial charge in [0.2, 0.25) is 15.9 Å². The topological polar surface area (TPSA) is 104 Å². The van der Waals surface area contributed by atoms with Crippen molar-refractivity contribution in [1.82, 2.24) is 4.31 Å². The lowest BCUT2D eigenvalue weighted by molar-refractivity contribution is -0.146. The van der Waals surface area contributed by atoms with Crippen molar-refractivity contribution in [2.75, 3.05) is 19.4 Å². The number of allylic oxidation sites excluding steroid dienone is 2. The van der Waals surface area contributed by atoms with Crippen LogP contribution in [0.1, 0.15) is 12.0 Å². The molecule has 2 aliphatic rings. The van der Waals surface area contributed by atoms with E-state index in [1.807, 2.05) is 12.2 Å². The third-order valence-electron chi connectivity index (χ3n) is 5.29. The highest BCUT2D eigenvalue weighted by Gasteiger charge is 2.51. The third kappa shape index (κ3) is 3.03. The summed E-state index contributed by atoms with van der Waals surface area (Å²) in [4.78, 5) is 24.5. The van der Waals surface area contributed by atoms with Gasteiger partial charge in [0.25, 0.3) is 0 Å². The van der Waals surface area contributed by atoms with Crippen LogP contribution in [0.2, 0.25) is 0 Å². The second-order valence-corrected chi connectivity index (χ2v) is 9.24. The van der Waals surface area contributed by atoms with Crippen molar-refractivity contribution in [2.45, 2.75) is 18.2 Å². The third-order valence-corrected chi connectivity index (χ3v) is 7.10. The molecule has 3 rings (SSSR count). The van der Waals surface area contributed by atoms with E-state index in [1.165, 1.54) is 26.2 Å². The van der Waals surface area contributed by atoms with Crippen LogP contribution in [-0.4, -0.2) is 43.8 Å². The number of nitrogens with one attached hydrogen (secondary N) is 1. The van der Waals surface area contributed by atoms with Crippen molar-refractivity contribution in [3.05, 3.63) is 35.9 Å². The second-order valence-electron chi connectivity index (χ2n) is 7.09. The number of carboxylic acid groups (broad SMARTS) is 1. The van der Waals surface area contributed by atoms with Crippen molar-refractivity contribution in [2.24, 2.45) is 23.7 Å². The highest BCUT2D eigenvalue weighted by molar-refractivity contribution is 7.89. The van der Waals surface area contributed by atoms with Crippen LogP contribution in [0.25, 0.3) is 0 Å². The highest BCUT2D eigenvalue weighted by Crippen LogP contribution is 2.48. The van der Waals surface area contributed by atoms with Crippen LogP contribution in [0.5, 0.6) is 0 Å². The number of aryl methyl sites for hydroxylation is 1. The van der Waals surface area contributed by atoms with E-state index in [1.54, 1.807) is 13.0 Å². The Kier molecular flexibility index (Phi) is 4.66. The predicted octanol–water partition coefficient (Wildman–Crippen LogP) is 1.71. The first kappa shape index (κ1) is 18.6. The van der Waals surface area contributed by atoms with Gasteiger partial charge in [-0.2, -0.15) is 0 Å². The van der Waals surface area contributed by atoms with Crippen LogP contribution >= 0.6 is 0 Å². The zero-order valence-electron chi connectivity index (χ0n) is 14.8. The number of fused-ring (bicyclic) bond motifs is 2. The molecule has 2 aliphatic carbocycles. The molecule has 1 aromatic rings. The van der Waals surface area contributed by atoms with Gasteiger partial charge in [0.05, 0.1) is 16.7 Å². The Morgan fingerprint density at radius 3 is 2.35 bits per heavy atom. The minimum atomic E-state index is -3.63. The summed E-state index contributed by atoms with van der Waals surface area (Å²) in [7, 11) is -0.753. The van der Waals surface area contributed by atoms with Crippen molar-refractivity contribution in [1.29, 1.82) is 0 Å². The number of sulfonamides is 1. The second kappa shape index (κ2) is 6.51. The lowest BCUT2D eigenvalue weighted by atomic mass is 9.82. The maximum atomic E-state index is 12.8. The van der Waals surface area contributed by atoms with E-state index >= 15 is 0 Å². The van der Waals surface area contributed by atoms with Crippen molar-refractivity contribution in [3.63, 3.8) is 0 Å². The van der Waals surface area contributed by atoms with Gasteiger partial charge >= 0.3 is 5.97 Å². The molecule has 0 unspecified atom stereocenters. The van der Waals surface area contributed by atoms with Crippen LogP contribution in [0.3, 0.4) is 0 Å². The van der Waals surface area contributed by atoms with Gasteiger partial charge in [0, 0.05) is 19.8 Å². The first-order chi connectivity index (χ1) is 12.1. The first-order valence-electron chi connectivity index (χ1n) is 8.38. The number of carbonyl (C=O) groups is 2. The molecule has 26 heavy (non-hydrogen) atoms. The Morgan fingerprint density at radius 1 is 1.15 bits per heavy atom. The fourth-order valence-corrected chi connectivity index (χ4v) is 4.77. The summed E-state index contributed by atoms with van der Waals surface area (Å²) in [6.45, 7) is 1.76. The number of anilines is 1. The molecule has 0 aliphatic heterocycles. The van der Waals surface area contributed by atoms with Gasteiger partial charge in [-0.1, -0.05) is 18.2 Å². The molecule has 1 amide bonds. The van der Waals surface area contributed by atoms with E-state index in [0.29, 0.717) is 17.7 Å². The fourth-order valence-electron chi connectivity index (χ4n) is 3.84. The maximum absolute atomic E-state index is 12.8. The molecule has 0 radical (unpaired) electrons. The minimum Gasteiger partial charge on any atom is -0.481 e. The quantitative estimate of drug-likeness (QED) is 0.759. The Morgan fingerprint density at radius 2 is 1.77 bits per heavy atom. The van der Waals surface area contributed by atoms with Crippen molar-refractivity contribution in [3.8, 4) is 0 Å². The SMILES string of the molecule is Cc1ccc(S(=O)(=O)N(C)C)cc1NC(=O)[C@@H]1[C@H](C(=O)O)[C@H]2C=C[C@H]1C2. The fraction of sp³-hybridized carbons (Fsp3) is 0.444. The van der Waals surface area contributed by atoms with E-state index in [0.717, 1.165) is 4.31 Å². The molecule has 1 fully saturated rings. The van der Waals surface area contributed by atoms with Gasteiger partial charge in [-0.3, -0.25) is 9.59 Å². The van der Waals surface area contributed by atoms with Crippen LogP contribution < -0.4 is 5.32 Å². The highest BCUT2D eigenvalue weighted by atomic mass is 32.2. The maximum Gasteiger partial charge on any atom is 0.307 e. The van der Waals surface area contributed by atoms with E-state index in [4.69, 9.17) is 0 Å². The normalized spacial score (nSPS) is 27.1. The number of benzene rings is 1. The molecule has 0 heterocycles. The minimum absolute atomic E-state index is 0.0750. The molecule has 0 spiro atoms. The molecular weight excluding hydrogens is 356 g/mol. The standard InChI is InChI=1S/C18H22N2O5S/c1-10-4-7-13(26(24,25)20(2)3)9-14(10)19-17(21)15-11-5-6-12(8-11)16(15)18(22)23/h4-7,9,11-12,15-16H,8H2,1-3H3,(H,19,21)(H,22,23)/t11-,12-,15-,16+/m0/s1. The Labute approximate surface area is 152 Å². The van der Waals surface area contributed by atoms with Crippen molar-refractivity contribution >= 4 is 27.6 Å². The molecule has 1 saturated carbocycles. The number of carbonyl (C=O) groups excluding carboxylic acids is 1. The largest absolute Gasteiger partial charge is 0.481 e. The summed E-state index contributed by atoms with van der Waals surface area (Å²) in [5.74, 6) is -2.93. The lowest BCUT2D eigenvalue weighted by Crippen LogP contribution is -2.36. The van der Waals surface area contributed by atoms with E-state index in [2.05, 4.69) is 5.32 Å². The number of hydrogen-bond acceptors (Lipinski definition) is 4. The van der Waals surface area contributed by atoms with Gasteiger partial charge in [-0.25, -0.2) is 12.7 Å². The van der Waals surface area contributed by atoms with Gasteiger partial charge in [-0.15, -0.1) is 0 Å². The summed E-state index contributed by atoms with van der Waals surface area (Å²) in [6.07, 6.45) is 4.46. The monoisotopic (exact) mass is 378 g/mol. The number of carboxylic acids is 1. The summed E-state index contributed by atoms with van der Waals surface area (Å²) < 4.78 is 25.7. The summed E-state index contributed by atoms with van der Waals surface area (Å²) in [5.41, 5.74) is 1.09. The van der Waals surface area contributed by atoms with E-state index in [9.17, 15) is 23.1 Å². The molecule has 1 aromatic carbocycles. The van der Waals surface area contributed by atoms with Crippen LogP contribution in [0, 0.1) is 30.6 Å². The van der Waals surface area contributed by atoms with Crippen LogP contribution in [0.4, 0.5) is 5.69 Å². The lowest BCUT2D eigenvalue weighted by Gasteiger charge is -2.24. The first-order valence-corrected chi connectivity index (χ1v) is 9.82. The molecule has 2 N–H and O–H groups in total. The molecule has 140 valence electrons. The number of amides is 1. The summed E-state index contributed by atoms with van der Waals surface area (Å²) in [6, 6.07) is 4.53. The Bertz CT molecular complexity index is 891. The summed E-state index contributed by atoms with van der Waals surface area (Å²) >= 11 is 0. The molecule has 8 heteroatoms. The average Bonchev–Trinajstić information content (AvgIpc) is 3.17. The molecule has 0 aromatic heterocycles. The van der Waals surface area contributed by atoms with Gasteiger partial charge in [0.1, 0.15) is 0 Å². The van der Waals surface area contributed by atoms with Crippen LogP contribution in [0.15, 0.2) is 35.2 Å². The predicted molar refractivity (Wildman–Crippen MR) is 96.0 cm³/mol. The molecule has 2 bridgehead atoms. The number of rotatable bonds is 5. The number of hydrogen-bond donors (Lipinski definition) is 2. The molecule has 7 nitrogen and oxygen atoms in total. The van der Waals surface area contributed by atoms with E-state index in [-0.39, 0.29) is 22.6 Å². The smallest absolute Gasteiger partial charge is 0.307 e. The molecular formula is C18H22N2O5S. The van der Waals surface area contributed by atoms with Gasteiger partial charge in [0.15, 0.2) is 0 Å². The summed E-state index contributed by atoms with van der Waals surface area (Å²) in [5, 5.41) is 12.2. The Balaban J connectivity index is 1.88. The van der Waals surface area contributed by atoms with Crippen molar-refractivity contribution < 1.29 is 23.1 Å². The Hall–Kier alpha value is -2.19. The molecule has 0 saturated heterocycles. The number of aliphatic carboxylic acids is 1. The van der Waals surface area contributed by atoms with Gasteiger partial charge < -0.3 is 10.4 Å². The molecule has 4 atom stereocenters.